The van der Waals surface area contributed by atoms with E-state index in [9.17, 15) is 14.4 Å². The number of thiophene rings is 1. The molecule has 3 rings (SSSR count). The summed E-state index contributed by atoms with van der Waals surface area (Å²) in [5, 5.41) is 3.32. The third-order valence-corrected chi connectivity index (χ3v) is 4.99. The van der Waals surface area contributed by atoms with Crippen LogP contribution < -0.4 is 20.6 Å². The monoisotopic (exact) mass is 402 g/mol. The minimum Gasteiger partial charge on any atom is -0.494 e. The third kappa shape index (κ3) is 3.99. The molecular weight excluding hydrogens is 384 g/mol. The fourth-order valence-corrected chi connectivity index (χ4v) is 3.45. The summed E-state index contributed by atoms with van der Waals surface area (Å²) in [6, 6.07) is 9.65. The van der Waals surface area contributed by atoms with Gasteiger partial charge in [0.1, 0.15) is 16.3 Å². The topological polar surface area (TPSA) is 98.1 Å². The highest BCUT2D eigenvalue weighted by atomic mass is 32.1. The number of methoxy groups -OCH3 is 1. The number of amides is 2. The lowest BCUT2D eigenvalue weighted by molar-refractivity contribution is 0.0596. The molecule has 0 fully saturated rings. The predicted molar refractivity (Wildman–Crippen MR) is 107 cm³/mol. The maximum Gasteiger partial charge on any atom is 0.351 e. The highest BCUT2D eigenvalue weighted by molar-refractivity contribution is 7.22. The van der Waals surface area contributed by atoms with Crippen LogP contribution in [-0.4, -0.2) is 32.8 Å². The Balaban J connectivity index is 1.83. The van der Waals surface area contributed by atoms with Crippen LogP contribution in [0.25, 0.3) is 10.3 Å². The number of fused-ring (bicyclic) bond motifs is 1. The molecule has 0 spiro atoms. The van der Waals surface area contributed by atoms with Gasteiger partial charge in [0.05, 0.1) is 18.4 Å². The maximum absolute atomic E-state index is 12.6. The second-order valence-corrected chi connectivity index (χ2v) is 6.76. The first-order valence-electron chi connectivity index (χ1n) is 8.36. The molecule has 0 atom stereocenters. The van der Waals surface area contributed by atoms with E-state index < -0.39 is 11.6 Å². The molecule has 0 unspecified atom stereocenters. The van der Waals surface area contributed by atoms with E-state index in [-0.39, 0.29) is 17.2 Å². The lowest BCUT2D eigenvalue weighted by Crippen LogP contribution is -2.30. The van der Waals surface area contributed by atoms with Crippen LogP contribution in [0.2, 0.25) is 0 Å². The molecule has 8 nitrogen and oxygen atoms in total. The number of esters is 1. The van der Waals surface area contributed by atoms with Crippen molar-refractivity contribution in [1.29, 1.82) is 0 Å². The fraction of sp³-hybridized carbons (Fsp3) is 0.211. The Morgan fingerprint density at radius 2 is 2.04 bits per heavy atom. The van der Waals surface area contributed by atoms with Crippen molar-refractivity contribution in [2.75, 3.05) is 31.0 Å². The first-order valence-corrected chi connectivity index (χ1v) is 9.18. The molecule has 0 aliphatic heterocycles. The van der Waals surface area contributed by atoms with Gasteiger partial charge in [-0.3, -0.25) is 4.90 Å². The molecule has 146 valence electrons. The first-order chi connectivity index (χ1) is 13.4. The Morgan fingerprint density at radius 3 is 2.75 bits per heavy atom. The zero-order valence-corrected chi connectivity index (χ0v) is 16.3. The van der Waals surface area contributed by atoms with E-state index in [2.05, 4.69) is 10.1 Å². The summed E-state index contributed by atoms with van der Waals surface area (Å²) in [4.78, 5) is 37.5. The van der Waals surface area contributed by atoms with Crippen LogP contribution >= 0.6 is 11.3 Å². The summed E-state index contributed by atoms with van der Waals surface area (Å²) in [6.45, 7) is 2.41. The predicted octanol–water partition coefficient (Wildman–Crippen LogP) is 3.71. The lowest BCUT2D eigenvalue weighted by Gasteiger charge is -2.16. The maximum atomic E-state index is 12.6. The molecule has 2 aromatic heterocycles. The molecule has 0 saturated heterocycles. The van der Waals surface area contributed by atoms with Crippen molar-refractivity contribution in [2.45, 2.75) is 6.92 Å². The quantitative estimate of drug-likeness (QED) is 0.654. The molecule has 0 aliphatic carbocycles. The van der Waals surface area contributed by atoms with Crippen molar-refractivity contribution < 1.29 is 23.5 Å². The van der Waals surface area contributed by atoms with Crippen molar-refractivity contribution >= 4 is 44.3 Å². The zero-order valence-electron chi connectivity index (χ0n) is 15.5. The fourth-order valence-electron chi connectivity index (χ4n) is 2.46. The Labute approximate surface area is 164 Å². The standard InChI is InChI=1S/C19H18N2O6S/c1-4-26-12-7-5-6-11(8-12)20-19(24)21(2)16-10-14-15(28-16)9-13(17(22)25-3)18(23)27-14/h5-10H,4H2,1-3H3,(H,20,24). The molecule has 9 heteroatoms. The number of nitrogens with zero attached hydrogens (tertiary/aromatic N) is 1. The van der Waals surface area contributed by atoms with Crippen molar-refractivity contribution in [3.8, 4) is 5.75 Å². The van der Waals surface area contributed by atoms with Gasteiger partial charge in [0.2, 0.25) is 0 Å². The largest absolute Gasteiger partial charge is 0.494 e. The summed E-state index contributed by atoms with van der Waals surface area (Å²) in [5.74, 6) is -0.118. The van der Waals surface area contributed by atoms with Gasteiger partial charge in [0.15, 0.2) is 5.58 Å². The zero-order chi connectivity index (χ0) is 20.3. The molecule has 0 aliphatic rings. The highest BCUT2D eigenvalue weighted by Crippen LogP contribution is 2.32. The summed E-state index contributed by atoms with van der Waals surface area (Å²) in [5.41, 5.74) is -0.106. The Bertz CT molecular complexity index is 1090. The summed E-state index contributed by atoms with van der Waals surface area (Å²) in [7, 11) is 2.77. The minimum atomic E-state index is -0.788. The molecule has 3 aromatic rings. The Morgan fingerprint density at radius 1 is 1.25 bits per heavy atom. The number of hydrogen-bond acceptors (Lipinski definition) is 7. The number of nitrogens with one attached hydrogen (secondary N) is 1. The molecule has 0 saturated carbocycles. The van der Waals surface area contributed by atoms with Gasteiger partial charge in [0, 0.05) is 24.9 Å². The van der Waals surface area contributed by atoms with E-state index in [4.69, 9.17) is 9.15 Å². The van der Waals surface area contributed by atoms with E-state index in [1.165, 1.54) is 29.4 Å². The van der Waals surface area contributed by atoms with Crippen molar-refractivity contribution in [3.05, 3.63) is 52.4 Å². The van der Waals surface area contributed by atoms with Gasteiger partial charge in [-0.2, -0.15) is 0 Å². The molecule has 1 N–H and O–H groups in total. The number of carbonyl (C=O) groups excluding carboxylic acids is 2. The molecule has 28 heavy (non-hydrogen) atoms. The summed E-state index contributed by atoms with van der Waals surface area (Å²) < 4.78 is 15.7. The number of carbonyl (C=O) groups is 2. The number of anilines is 2. The average Bonchev–Trinajstić information content (AvgIpc) is 3.09. The molecule has 2 heterocycles. The van der Waals surface area contributed by atoms with Crippen molar-refractivity contribution in [3.63, 3.8) is 0 Å². The number of benzene rings is 1. The second kappa shape index (κ2) is 8.13. The van der Waals surface area contributed by atoms with E-state index in [0.717, 1.165) is 0 Å². The number of urea groups is 1. The smallest absolute Gasteiger partial charge is 0.351 e. The van der Waals surface area contributed by atoms with Crippen LogP contribution in [0.3, 0.4) is 0 Å². The number of ether oxygens (including phenoxy) is 2. The van der Waals surface area contributed by atoms with Gasteiger partial charge >= 0.3 is 17.6 Å². The van der Waals surface area contributed by atoms with Gasteiger partial charge in [0.25, 0.3) is 0 Å². The SMILES string of the molecule is CCOc1cccc(NC(=O)N(C)c2cc3oc(=O)c(C(=O)OC)cc3s2)c1. The Hall–Kier alpha value is -3.33. The number of hydrogen-bond donors (Lipinski definition) is 1. The van der Waals surface area contributed by atoms with Crippen molar-refractivity contribution in [1.82, 2.24) is 0 Å². The molecular formula is C19H18N2O6S. The van der Waals surface area contributed by atoms with Crippen LogP contribution in [-0.2, 0) is 4.74 Å². The van der Waals surface area contributed by atoms with Crippen molar-refractivity contribution in [2.24, 2.45) is 0 Å². The molecule has 1 aromatic carbocycles. The van der Waals surface area contributed by atoms with E-state index in [1.807, 2.05) is 6.92 Å². The van der Waals surface area contributed by atoms with Gasteiger partial charge in [-0.25, -0.2) is 14.4 Å². The van der Waals surface area contributed by atoms with E-state index >= 15 is 0 Å². The van der Waals surface area contributed by atoms with E-state index in [0.29, 0.717) is 27.7 Å². The number of rotatable bonds is 5. The highest BCUT2D eigenvalue weighted by Gasteiger charge is 2.19. The first kappa shape index (κ1) is 19.4. The molecule has 0 radical (unpaired) electrons. The average molecular weight is 402 g/mol. The van der Waals surface area contributed by atoms with Crippen LogP contribution in [0, 0.1) is 0 Å². The van der Waals surface area contributed by atoms with Crippen LogP contribution in [0.15, 0.2) is 45.6 Å². The van der Waals surface area contributed by atoms with Gasteiger partial charge in [-0.1, -0.05) is 6.07 Å². The lowest BCUT2D eigenvalue weighted by atomic mass is 10.3. The van der Waals surface area contributed by atoms with Crippen LogP contribution in [0.5, 0.6) is 5.75 Å². The van der Waals surface area contributed by atoms with Crippen LogP contribution in [0.1, 0.15) is 17.3 Å². The Kier molecular flexibility index (Phi) is 5.65. The normalized spacial score (nSPS) is 10.5. The van der Waals surface area contributed by atoms with E-state index in [1.54, 1.807) is 37.4 Å². The van der Waals surface area contributed by atoms with Gasteiger partial charge in [-0.15, -0.1) is 11.3 Å². The van der Waals surface area contributed by atoms with Crippen LogP contribution in [0.4, 0.5) is 15.5 Å². The molecule has 0 bridgehead atoms. The van der Waals surface area contributed by atoms with Gasteiger partial charge in [-0.05, 0) is 25.1 Å². The summed E-state index contributed by atoms with van der Waals surface area (Å²) >= 11 is 1.21. The minimum absolute atomic E-state index is 0.191. The summed E-state index contributed by atoms with van der Waals surface area (Å²) in [6.07, 6.45) is 0. The molecule has 2 amide bonds. The third-order valence-electron chi connectivity index (χ3n) is 3.85. The van der Waals surface area contributed by atoms with Gasteiger partial charge < -0.3 is 19.2 Å². The second-order valence-electron chi connectivity index (χ2n) is 5.70.